The third-order valence-electron chi connectivity index (χ3n) is 3.56. The predicted molar refractivity (Wildman–Crippen MR) is 80.0 cm³/mol. The van der Waals surface area contributed by atoms with Crippen LogP contribution >= 0.6 is 11.6 Å². The molecule has 1 aromatic rings. The third kappa shape index (κ3) is 3.89. The van der Waals surface area contributed by atoms with E-state index in [1.807, 2.05) is 0 Å². The molecule has 3 nitrogen and oxygen atoms in total. The van der Waals surface area contributed by atoms with Crippen molar-refractivity contribution >= 4 is 17.5 Å². The molecular weight excluding hydrogens is 312 g/mol. The van der Waals surface area contributed by atoms with Gasteiger partial charge in [0.05, 0.1) is 5.38 Å². The number of amides is 1. The van der Waals surface area contributed by atoms with E-state index in [2.05, 4.69) is 11.2 Å². The number of benzene rings is 1. The van der Waals surface area contributed by atoms with Gasteiger partial charge in [-0.05, 0) is 25.0 Å². The molecule has 0 bridgehead atoms. The lowest BCUT2D eigenvalue weighted by Gasteiger charge is -2.27. The standard InChI is InChI=1S/C16H16ClF2NO2/c1-2-7-22-15-12(18)8-10(9-13(15)19)16(21)20-14-6-4-3-5-11(14)17/h1,8-9,11,14H,3-7H2,(H,20,21)/t11-,14-/m1/s1. The van der Waals surface area contributed by atoms with E-state index in [-0.39, 0.29) is 23.6 Å². The number of carbonyl (C=O) groups is 1. The fourth-order valence-corrected chi connectivity index (χ4v) is 2.79. The van der Waals surface area contributed by atoms with E-state index in [4.69, 9.17) is 22.8 Å². The van der Waals surface area contributed by atoms with E-state index in [9.17, 15) is 13.6 Å². The fourth-order valence-electron chi connectivity index (χ4n) is 2.44. The molecule has 1 saturated carbocycles. The number of ether oxygens (including phenoxy) is 1. The van der Waals surface area contributed by atoms with Crippen LogP contribution in [-0.4, -0.2) is 23.9 Å². The molecule has 1 aliphatic rings. The van der Waals surface area contributed by atoms with Crippen LogP contribution in [-0.2, 0) is 0 Å². The Hall–Kier alpha value is -1.80. The van der Waals surface area contributed by atoms with Crippen LogP contribution in [0.4, 0.5) is 8.78 Å². The molecule has 0 radical (unpaired) electrons. The number of terminal acetylenes is 1. The lowest BCUT2D eigenvalue weighted by atomic mass is 9.94. The first kappa shape index (κ1) is 16.6. The first-order chi connectivity index (χ1) is 10.5. The van der Waals surface area contributed by atoms with E-state index in [1.54, 1.807) is 0 Å². The maximum Gasteiger partial charge on any atom is 0.251 e. The number of nitrogens with one attached hydrogen (secondary N) is 1. The Morgan fingerprint density at radius 3 is 2.59 bits per heavy atom. The zero-order chi connectivity index (χ0) is 16.1. The first-order valence-corrected chi connectivity index (χ1v) is 7.46. The summed E-state index contributed by atoms with van der Waals surface area (Å²) in [6.07, 6.45) is 8.53. The molecule has 0 heterocycles. The minimum absolute atomic E-state index is 0.113. The Morgan fingerprint density at radius 2 is 2.00 bits per heavy atom. The van der Waals surface area contributed by atoms with Crippen molar-refractivity contribution in [3.8, 4) is 18.1 Å². The van der Waals surface area contributed by atoms with Crippen LogP contribution in [0.5, 0.6) is 5.75 Å². The molecule has 6 heteroatoms. The number of hydrogen-bond acceptors (Lipinski definition) is 2. The SMILES string of the molecule is C#CCOc1c(F)cc(C(=O)N[C@@H]2CCCC[C@H]2Cl)cc1F. The van der Waals surface area contributed by atoms with Crippen molar-refractivity contribution in [2.24, 2.45) is 0 Å². The minimum atomic E-state index is -0.966. The van der Waals surface area contributed by atoms with Crippen molar-refractivity contribution in [1.29, 1.82) is 0 Å². The summed E-state index contributed by atoms with van der Waals surface area (Å²) in [7, 11) is 0. The zero-order valence-corrected chi connectivity index (χ0v) is 12.6. The van der Waals surface area contributed by atoms with Gasteiger partial charge in [-0.15, -0.1) is 18.0 Å². The van der Waals surface area contributed by atoms with E-state index in [0.717, 1.165) is 37.8 Å². The molecule has 0 unspecified atom stereocenters. The Morgan fingerprint density at radius 1 is 1.36 bits per heavy atom. The molecule has 1 aliphatic carbocycles. The van der Waals surface area contributed by atoms with Gasteiger partial charge in [0, 0.05) is 11.6 Å². The Bertz CT molecular complexity index is 577. The van der Waals surface area contributed by atoms with Crippen molar-refractivity contribution in [2.45, 2.75) is 37.1 Å². The minimum Gasteiger partial charge on any atom is -0.475 e. The lowest BCUT2D eigenvalue weighted by Crippen LogP contribution is -2.42. The highest BCUT2D eigenvalue weighted by Gasteiger charge is 2.26. The fraction of sp³-hybridized carbons (Fsp3) is 0.438. The summed E-state index contributed by atoms with van der Waals surface area (Å²) in [5.74, 6) is -0.953. The quantitative estimate of drug-likeness (QED) is 0.681. The van der Waals surface area contributed by atoms with Gasteiger partial charge in [-0.3, -0.25) is 4.79 Å². The predicted octanol–water partition coefficient (Wildman–Crippen LogP) is 3.26. The van der Waals surface area contributed by atoms with Crippen LogP contribution in [0.15, 0.2) is 12.1 Å². The molecule has 0 saturated heterocycles. The normalized spacial score (nSPS) is 21.0. The molecule has 0 aliphatic heterocycles. The van der Waals surface area contributed by atoms with Crippen LogP contribution < -0.4 is 10.1 Å². The molecular formula is C16H16ClF2NO2. The Labute approximate surface area is 133 Å². The molecule has 1 N–H and O–H groups in total. The van der Waals surface area contributed by atoms with E-state index in [1.165, 1.54) is 0 Å². The highest BCUT2D eigenvalue weighted by Crippen LogP contribution is 2.25. The second-order valence-corrected chi connectivity index (χ2v) is 5.70. The van der Waals surface area contributed by atoms with Crippen molar-refractivity contribution < 1.29 is 18.3 Å². The lowest BCUT2D eigenvalue weighted by molar-refractivity contribution is 0.0927. The van der Waals surface area contributed by atoms with Gasteiger partial charge < -0.3 is 10.1 Å². The third-order valence-corrected chi connectivity index (χ3v) is 4.08. The second kappa shape index (κ2) is 7.46. The Balaban J connectivity index is 2.11. The van der Waals surface area contributed by atoms with Crippen molar-refractivity contribution in [2.75, 3.05) is 6.61 Å². The topological polar surface area (TPSA) is 38.3 Å². The number of hydrogen-bond donors (Lipinski definition) is 1. The van der Waals surface area contributed by atoms with Gasteiger partial charge in [0.1, 0.15) is 6.61 Å². The molecule has 118 valence electrons. The Kier molecular flexibility index (Phi) is 5.62. The average molecular weight is 328 g/mol. The van der Waals surface area contributed by atoms with Gasteiger partial charge >= 0.3 is 0 Å². The number of rotatable bonds is 4. The van der Waals surface area contributed by atoms with Gasteiger partial charge in [0.2, 0.25) is 0 Å². The van der Waals surface area contributed by atoms with Crippen LogP contribution in [0.1, 0.15) is 36.0 Å². The van der Waals surface area contributed by atoms with E-state index < -0.39 is 23.3 Å². The molecule has 0 aromatic heterocycles. The molecule has 2 atom stereocenters. The maximum atomic E-state index is 13.8. The summed E-state index contributed by atoms with van der Waals surface area (Å²) >= 11 is 6.16. The molecule has 1 amide bonds. The molecule has 22 heavy (non-hydrogen) atoms. The smallest absolute Gasteiger partial charge is 0.251 e. The van der Waals surface area contributed by atoms with Crippen LogP contribution in [0.3, 0.4) is 0 Å². The van der Waals surface area contributed by atoms with E-state index >= 15 is 0 Å². The number of alkyl halides is 1. The molecule has 0 spiro atoms. The molecule has 2 rings (SSSR count). The zero-order valence-electron chi connectivity index (χ0n) is 11.9. The van der Waals surface area contributed by atoms with Crippen LogP contribution in [0.2, 0.25) is 0 Å². The summed E-state index contributed by atoms with van der Waals surface area (Å²) in [5, 5.41) is 2.56. The van der Waals surface area contributed by atoms with Gasteiger partial charge in [-0.25, -0.2) is 8.78 Å². The van der Waals surface area contributed by atoms with Crippen molar-refractivity contribution in [3.63, 3.8) is 0 Å². The summed E-state index contributed by atoms with van der Waals surface area (Å²) in [4.78, 5) is 12.1. The first-order valence-electron chi connectivity index (χ1n) is 7.03. The number of halogens is 3. The average Bonchev–Trinajstić information content (AvgIpc) is 2.48. The highest BCUT2D eigenvalue weighted by atomic mass is 35.5. The molecule has 1 fully saturated rings. The van der Waals surface area contributed by atoms with Gasteiger partial charge in [0.15, 0.2) is 17.4 Å². The second-order valence-electron chi connectivity index (χ2n) is 5.14. The van der Waals surface area contributed by atoms with Gasteiger partial charge in [0.25, 0.3) is 5.91 Å². The monoisotopic (exact) mass is 327 g/mol. The van der Waals surface area contributed by atoms with Crippen molar-refractivity contribution in [3.05, 3.63) is 29.3 Å². The summed E-state index contributed by atoms with van der Waals surface area (Å²) in [6, 6.07) is 1.67. The van der Waals surface area contributed by atoms with Gasteiger partial charge in [-0.2, -0.15) is 0 Å². The summed E-state index contributed by atoms with van der Waals surface area (Å²) < 4.78 is 32.4. The van der Waals surface area contributed by atoms with Crippen LogP contribution in [0, 0.1) is 24.0 Å². The summed E-state index contributed by atoms with van der Waals surface area (Å²) in [5.41, 5.74) is -0.113. The van der Waals surface area contributed by atoms with Crippen molar-refractivity contribution in [1.82, 2.24) is 5.32 Å². The van der Waals surface area contributed by atoms with Gasteiger partial charge in [-0.1, -0.05) is 18.8 Å². The molecule has 1 aromatic carbocycles. The highest BCUT2D eigenvalue weighted by molar-refractivity contribution is 6.21. The van der Waals surface area contributed by atoms with Crippen LogP contribution in [0.25, 0.3) is 0 Å². The summed E-state index contributed by atoms with van der Waals surface area (Å²) in [6.45, 7) is -0.255. The largest absolute Gasteiger partial charge is 0.475 e. The number of carbonyl (C=O) groups excluding carboxylic acids is 1. The maximum absolute atomic E-state index is 13.8. The van der Waals surface area contributed by atoms with E-state index in [0.29, 0.717) is 0 Å².